The van der Waals surface area contributed by atoms with Gasteiger partial charge in [-0.05, 0) is 19.4 Å². The zero-order valence-electron chi connectivity index (χ0n) is 11.9. The summed E-state index contributed by atoms with van der Waals surface area (Å²) in [5.41, 5.74) is 0.934. The number of hydrogen-bond donors (Lipinski definition) is 0. The van der Waals surface area contributed by atoms with Gasteiger partial charge in [0.1, 0.15) is 11.0 Å². The van der Waals surface area contributed by atoms with Crippen LogP contribution >= 0.6 is 11.6 Å². The molecule has 3 rings (SSSR count). The minimum atomic E-state index is 0.538. The van der Waals surface area contributed by atoms with Gasteiger partial charge in [0, 0.05) is 37.9 Å². The maximum Gasteiger partial charge on any atom is 0.144 e. The number of nitrogens with zero attached hydrogens (tertiary/aromatic N) is 4. The van der Waals surface area contributed by atoms with Crippen molar-refractivity contribution >= 4 is 11.6 Å². The van der Waals surface area contributed by atoms with Crippen LogP contribution in [0.1, 0.15) is 17.9 Å². The predicted octanol–water partition coefficient (Wildman–Crippen LogP) is 1.34. The van der Waals surface area contributed by atoms with Crippen LogP contribution in [0.15, 0.2) is 6.07 Å². The summed E-state index contributed by atoms with van der Waals surface area (Å²) in [5, 5.41) is 0.538. The Morgan fingerprint density at radius 1 is 1.30 bits per heavy atom. The Balaban J connectivity index is 1.57. The second-order valence-electron chi connectivity index (χ2n) is 5.57. The standard InChI is InChI=1S/C14H21ClN4O/c1-11-8-13(15)17-14(16-11)10-18-3-2-12(9-18)19-4-6-20-7-5-19/h8,12H,2-7,9-10H2,1H3. The molecule has 0 N–H and O–H groups in total. The van der Waals surface area contributed by atoms with Crippen LogP contribution in [0.3, 0.4) is 0 Å². The summed E-state index contributed by atoms with van der Waals surface area (Å²) in [5.74, 6) is 0.831. The summed E-state index contributed by atoms with van der Waals surface area (Å²) in [7, 11) is 0. The van der Waals surface area contributed by atoms with Crippen molar-refractivity contribution in [3.63, 3.8) is 0 Å². The molecule has 20 heavy (non-hydrogen) atoms. The fourth-order valence-corrected chi connectivity index (χ4v) is 3.31. The Hall–Kier alpha value is -0.750. The van der Waals surface area contributed by atoms with E-state index in [0.717, 1.165) is 57.5 Å². The molecular weight excluding hydrogens is 276 g/mol. The predicted molar refractivity (Wildman–Crippen MR) is 77.9 cm³/mol. The minimum Gasteiger partial charge on any atom is -0.379 e. The van der Waals surface area contributed by atoms with Crippen LogP contribution in [-0.2, 0) is 11.3 Å². The van der Waals surface area contributed by atoms with Crippen molar-refractivity contribution in [2.24, 2.45) is 0 Å². The largest absolute Gasteiger partial charge is 0.379 e. The zero-order chi connectivity index (χ0) is 13.9. The topological polar surface area (TPSA) is 41.5 Å². The van der Waals surface area contributed by atoms with Crippen LogP contribution < -0.4 is 0 Å². The monoisotopic (exact) mass is 296 g/mol. The smallest absolute Gasteiger partial charge is 0.144 e. The molecule has 1 atom stereocenters. The molecule has 0 bridgehead atoms. The molecule has 1 unspecified atom stereocenters. The van der Waals surface area contributed by atoms with E-state index in [0.29, 0.717) is 11.2 Å². The number of halogens is 1. The Morgan fingerprint density at radius 3 is 2.85 bits per heavy atom. The zero-order valence-corrected chi connectivity index (χ0v) is 12.6. The lowest BCUT2D eigenvalue weighted by molar-refractivity contribution is 0.0183. The number of aryl methyl sites for hydroxylation is 1. The summed E-state index contributed by atoms with van der Waals surface area (Å²) < 4.78 is 5.42. The first kappa shape index (κ1) is 14.2. The van der Waals surface area contributed by atoms with Crippen LogP contribution in [0.4, 0.5) is 0 Å². The van der Waals surface area contributed by atoms with Gasteiger partial charge in [0.15, 0.2) is 0 Å². The Morgan fingerprint density at radius 2 is 2.10 bits per heavy atom. The van der Waals surface area contributed by atoms with Crippen molar-refractivity contribution in [2.75, 3.05) is 39.4 Å². The quantitative estimate of drug-likeness (QED) is 0.788. The highest BCUT2D eigenvalue weighted by Crippen LogP contribution is 2.18. The van der Waals surface area contributed by atoms with Gasteiger partial charge < -0.3 is 4.74 Å². The third-order valence-corrected chi connectivity index (χ3v) is 4.24. The van der Waals surface area contributed by atoms with E-state index < -0.39 is 0 Å². The molecule has 1 aromatic rings. The van der Waals surface area contributed by atoms with E-state index in [-0.39, 0.29) is 0 Å². The molecule has 3 heterocycles. The van der Waals surface area contributed by atoms with E-state index in [2.05, 4.69) is 19.8 Å². The lowest BCUT2D eigenvalue weighted by atomic mass is 10.2. The fourth-order valence-electron chi connectivity index (χ4n) is 3.06. The van der Waals surface area contributed by atoms with Crippen molar-refractivity contribution < 1.29 is 4.74 Å². The van der Waals surface area contributed by atoms with Crippen molar-refractivity contribution in [3.05, 3.63) is 22.7 Å². The van der Waals surface area contributed by atoms with Crippen LogP contribution in [0.5, 0.6) is 0 Å². The number of morpholine rings is 1. The van der Waals surface area contributed by atoms with Crippen molar-refractivity contribution in [1.29, 1.82) is 0 Å². The van der Waals surface area contributed by atoms with Gasteiger partial charge >= 0.3 is 0 Å². The number of rotatable bonds is 3. The Bertz CT molecular complexity index is 444. The SMILES string of the molecule is Cc1cc(Cl)nc(CN2CCC(N3CCOCC3)C2)n1. The second-order valence-corrected chi connectivity index (χ2v) is 5.96. The first-order valence-corrected chi connectivity index (χ1v) is 7.63. The summed E-state index contributed by atoms with van der Waals surface area (Å²) >= 11 is 5.99. The third-order valence-electron chi connectivity index (χ3n) is 4.04. The van der Waals surface area contributed by atoms with Gasteiger partial charge in [-0.1, -0.05) is 11.6 Å². The second kappa shape index (κ2) is 6.35. The summed E-state index contributed by atoms with van der Waals surface area (Å²) in [6, 6.07) is 2.45. The minimum absolute atomic E-state index is 0.538. The number of ether oxygens (including phenoxy) is 1. The highest BCUT2D eigenvalue weighted by Gasteiger charge is 2.28. The van der Waals surface area contributed by atoms with Crippen LogP contribution in [0.25, 0.3) is 0 Å². The molecule has 0 radical (unpaired) electrons. The number of likely N-dealkylation sites (tertiary alicyclic amines) is 1. The van der Waals surface area contributed by atoms with Crippen LogP contribution in [0.2, 0.25) is 5.15 Å². The normalized spacial score (nSPS) is 25.2. The molecule has 0 saturated carbocycles. The van der Waals surface area contributed by atoms with Crippen LogP contribution in [-0.4, -0.2) is 65.2 Å². The highest BCUT2D eigenvalue weighted by molar-refractivity contribution is 6.29. The van der Waals surface area contributed by atoms with Crippen LogP contribution in [0, 0.1) is 6.92 Å². The van der Waals surface area contributed by atoms with E-state index in [1.165, 1.54) is 6.42 Å². The number of hydrogen-bond acceptors (Lipinski definition) is 5. The van der Waals surface area contributed by atoms with Gasteiger partial charge in [0.2, 0.25) is 0 Å². The first-order valence-electron chi connectivity index (χ1n) is 7.25. The average molecular weight is 297 g/mol. The molecule has 0 aromatic carbocycles. The van der Waals surface area contributed by atoms with Gasteiger partial charge in [0.05, 0.1) is 19.8 Å². The lowest BCUT2D eigenvalue weighted by Crippen LogP contribution is -2.44. The average Bonchev–Trinajstić information content (AvgIpc) is 2.87. The fraction of sp³-hybridized carbons (Fsp3) is 0.714. The maximum absolute atomic E-state index is 5.99. The molecule has 2 fully saturated rings. The van der Waals surface area contributed by atoms with Gasteiger partial charge in [0.25, 0.3) is 0 Å². The first-order chi connectivity index (χ1) is 9.70. The van der Waals surface area contributed by atoms with E-state index in [9.17, 15) is 0 Å². The van der Waals surface area contributed by atoms with E-state index in [1.54, 1.807) is 6.07 Å². The molecule has 0 amide bonds. The van der Waals surface area contributed by atoms with Gasteiger partial charge in [-0.25, -0.2) is 9.97 Å². The van der Waals surface area contributed by atoms with Crippen molar-refractivity contribution in [1.82, 2.24) is 19.8 Å². The number of aromatic nitrogens is 2. The van der Waals surface area contributed by atoms with Crippen molar-refractivity contribution in [3.8, 4) is 0 Å². The lowest BCUT2D eigenvalue weighted by Gasteiger charge is -2.32. The molecule has 1 aromatic heterocycles. The molecular formula is C14H21ClN4O. The third kappa shape index (κ3) is 3.47. The summed E-state index contributed by atoms with van der Waals surface area (Å²) in [4.78, 5) is 13.7. The Labute approximate surface area is 124 Å². The molecule has 0 spiro atoms. The summed E-state index contributed by atoms with van der Waals surface area (Å²) in [6.07, 6.45) is 1.22. The molecule has 2 saturated heterocycles. The van der Waals surface area contributed by atoms with E-state index >= 15 is 0 Å². The molecule has 0 aliphatic carbocycles. The molecule has 6 heteroatoms. The van der Waals surface area contributed by atoms with E-state index in [1.807, 2.05) is 6.92 Å². The summed E-state index contributed by atoms with van der Waals surface area (Å²) in [6.45, 7) is 8.81. The van der Waals surface area contributed by atoms with Gasteiger partial charge in [-0.3, -0.25) is 9.80 Å². The van der Waals surface area contributed by atoms with Crippen molar-refractivity contribution in [2.45, 2.75) is 25.9 Å². The van der Waals surface area contributed by atoms with Gasteiger partial charge in [-0.15, -0.1) is 0 Å². The molecule has 5 nitrogen and oxygen atoms in total. The van der Waals surface area contributed by atoms with E-state index in [4.69, 9.17) is 16.3 Å². The Kier molecular flexibility index (Phi) is 4.51. The molecule has 2 aliphatic rings. The molecule has 2 aliphatic heterocycles. The maximum atomic E-state index is 5.99. The van der Waals surface area contributed by atoms with Gasteiger partial charge in [-0.2, -0.15) is 0 Å². The highest BCUT2D eigenvalue weighted by atomic mass is 35.5. The molecule has 110 valence electrons.